The van der Waals surface area contributed by atoms with Gasteiger partial charge < -0.3 is 9.47 Å². The van der Waals surface area contributed by atoms with Crippen LogP contribution in [0.4, 0.5) is 5.13 Å². The Morgan fingerprint density at radius 3 is 2.67 bits per heavy atom. The lowest BCUT2D eigenvalue weighted by Crippen LogP contribution is -2.34. The third-order valence-corrected chi connectivity index (χ3v) is 7.85. The number of hydrogen-bond acceptors (Lipinski definition) is 7. The molecule has 0 aliphatic heterocycles. The van der Waals surface area contributed by atoms with Crippen LogP contribution in [0.5, 0.6) is 11.5 Å². The molecule has 0 radical (unpaired) electrons. The van der Waals surface area contributed by atoms with Crippen molar-refractivity contribution in [2.24, 2.45) is 0 Å². The van der Waals surface area contributed by atoms with Crippen LogP contribution in [0.3, 0.4) is 0 Å². The molecule has 2 aromatic heterocycles. The van der Waals surface area contributed by atoms with E-state index in [9.17, 15) is 4.79 Å². The molecule has 0 spiro atoms. The highest BCUT2D eigenvalue weighted by Gasteiger charge is 2.21. The van der Waals surface area contributed by atoms with Gasteiger partial charge in [-0.25, -0.2) is 4.98 Å². The van der Waals surface area contributed by atoms with Crippen molar-refractivity contribution in [2.75, 3.05) is 30.9 Å². The molecule has 0 saturated carbocycles. The average Bonchev–Trinajstić information content (AvgIpc) is 3.45. The van der Waals surface area contributed by atoms with Crippen molar-refractivity contribution in [1.82, 2.24) is 14.8 Å². The van der Waals surface area contributed by atoms with Gasteiger partial charge in [0.25, 0.3) is 0 Å². The summed E-state index contributed by atoms with van der Waals surface area (Å²) in [6, 6.07) is 16.0. The first kappa shape index (κ1) is 26.0. The van der Waals surface area contributed by atoms with Gasteiger partial charge in [-0.05, 0) is 75.4 Å². The second-order valence-corrected chi connectivity index (χ2v) is 10.5. The zero-order valence-corrected chi connectivity index (χ0v) is 22.8. The second-order valence-electron chi connectivity index (χ2n) is 8.36. The number of amides is 1. The largest absolute Gasteiger partial charge is 0.497 e. The van der Waals surface area contributed by atoms with Gasteiger partial charge >= 0.3 is 0 Å². The SMILES string of the molecule is CCOc1cccc2sc(N(CCn3nc(C)cc3C)C(=O)CCCSc3ccc(OC)cc3)nc12. The maximum Gasteiger partial charge on any atom is 0.228 e. The van der Waals surface area contributed by atoms with Crippen LogP contribution in [-0.4, -0.2) is 46.7 Å². The molecular weight excluding hydrogens is 492 g/mol. The molecule has 1 amide bonds. The van der Waals surface area contributed by atoms with Gasteiger partial charge in [0.05, 0.1) is 30.7 Å². The number of fused-ring (bicyclic) bond motifs is 1. The van der Waals surface area contributed by atoms with Crippen LogP contribution in [0.2, 0.25) is 0 Å². The number of methoxy groups -OCH3 is 1. The van der Waals surface area contributed by atoms with Crippen molar-refractivity contribution in [2.45, 2.75) is 45.1 Å². The van der Waals surface area contributed by atoms with Crippen molar-refractivity contribution in [3.63, 3.8) is 0 Å². The Kier molecular flexibility index (Phi) is 8.88. The number of ether oxygens (including phenoxy) is 2. The first-order chi connectivity index (χ1) is 17.5. The number of carbonyl (C=O) groups excluding carboxylic acids is 1. The van der Waals surface area contributed by atoms with Crippen molar-refractivity contribution in [1.29, 1.82) is 0 Å². The lowest BCUT2D eigenvalue weighted by atomic mass is 10.3. The number of thioether (sulfide) groups is 1. The van der Waals surface area contributed by atoms with Crippen molar-refractivity contribution >= 4 is 44.4 Å². The topological polar surface area (TPSA) is 69.5 Å². The zero-order valence-electron chi connectivity index (χ0n) is 21.2. The van der Waals surface area contributed by atoms with E-state index in [1.165, 1.54) is 16.2 Å². The number of benzene rings is 2. The molecule has 0 fully saturated rings. The van der Waals surface area contributed by atoms with Crippen LogP contribution in [-0.2, 0) is 11.3 Å². The van der Waals surface area contributed by atoms with Gasteiger partial charge in [0, 0.05) is 23.6 Å². The highest BCUT2D eigenvalue weighted by atomic mass is 32.2. The van der Waals surface area contributed by atoms with Gasteiger partial charge in [-0.3, -0.25) is 14.4 Å². The summed E-state index contributed by atoms with van der Waals surface area (Å²) in [5.74, 6) is 2.52. The molecule has 9 heteroatoms. The van der Waals surface area contributed by atoms with Gasteiger partial charge in [0.2, 0.25) is 5.91 Å². The number of aromatic nitrogens is 3. The molecule has 2 heterocycles. The van der Waals surface area contributed by atoms with E-state index in [-0.39, 0.29) is 5.91 Å². The summed E-state index contributed by atoms with van der Waals surface area (Å²) in [5, 5.41) is 5.27. The minimum atomic E-state index is 0.0730. The van der Waals surface area contributed by atoms with Crippen LogP contribution >= 0.6 is 23.1 Å². The van der Waals surface area contributed by atoms with Crippen molar-refractivity contribution in [3.05, 3.63) is 59.9 Å². The Morgan fingerprint density at radius 1 is 1.17 bits per heavy atom. The maximum atomic E-state index is 13.4. The highest BCUT2D eigenvalue weighted by Crippen LogP contribution is 2.34. The predicted octanol–water partition coefficient (Wildman–Crippen LogP) is 6.12. The minimum Gasteiger partial charge on any atom is -0.497 e. The van der Waals surface area contributed by atoms with E-state index in [1.807, 2.05) is 72.8 Å². The highest BCUT2D eigenvalue weighted by molar-refractivity contribution is 7.99. The predicted molar refractivity (Wildman–Crippen MR) is 148 cm³/mol. The number of para-hydroxylation sites is 1. The molecule has 4 rings (SSSR count). The monoisotopic (exact) mass is 524 g/mol. The molecule has 0 saturated heterocycles. The van der Waals surface area contributed by atoms with Crippen molar-refractivity contribution in [3.8, 4) is 11.5 Å². The first-order valence-corrected chi connectivity index (χ1v) is 13.9. The van der Waals surface area contributed by atoms with Crippen LogP contribution in [0.1, 0.15) is 31.2 Å². The van der Waals surface area contributed by atoms with E-state index in [4.69, 9.17) is 14.5 Å². The normalized spacial score (nSPS) is 11.1. The number of carbonyl (C=O) groups is 1. The van der Waals surface area contributed by atoms with E-state index in [2.05, 4.69) is 11.2 Å². The molecule has 4 aromatic rings. The van der Waals surface area contributed by atoms with Crippen LogP contribution in [0.25, 0.3) is 10.2 Å². The lowest BCUT2D eigenvalue weighted by molar-refractivity contribution is -0.118. The molecule has 36 heavy (non-hydrogen) atoms. The third-order valence-electron chi connectivity index (χ3n) is 5.70. The van der Waals surface area contributed by atoms with Gasteiger partial charge in [0.15, 0.2) is 5.13 Å². The summed E-state index contributed by atoms with van der Waals surface area (Å²) in [5.41, 5.74) is 2.86. The summed E-state index contributed by atoms with van der Waals surface area (Å²) in [4.78, 5) is 21.3. The van der Waals surface area contributed by atoms with Gasteiger partial charge in [-0.2, -0.15) is 5.10 Å². The van der Waals surface area contributed by atoms with E-state index in [0.717, 1.165) is 45.3 Å². The number of nitrogens with zero attached hydrogens (tertiary/aromatic N) is 4. The Bertz CT molecular complexity index is 1300. The second kappa shape index (κ2) is 12.3. The fourth-order valence-electron chi connectivity index (χ4n) is 3.94. The quantitative estimate of drug-likeness (QED) is 0.164. The van der Waals surface area contributed by atoms with Crippen molar-refractivity contribution < 1.29 is 14.3 Å². The summed E-state index contributed by atoms with van der Waals surface area (Å²) >= 11 is 3.27. The summed E-state index contributed by atoms with van der Waals surface area (Å²) < 4.78 is 14.0. The summed E-state index contributed by atoms with van der Waals surface area (Å²) in [7, 11) is 1.66. The Morgan fingerprint density at radius 2 is 1.97 bits per heavy atom. The van der Waals surface area contributed by atoms with Crippen LogP contribution in [0, 0.1) is 13.8 Å². The number of rotatable bonds is 12. The van der Waals surface area contributed by atoms with E-state index >= 15 is 0 Å². The van der Waals surface area contributed by atoms with Crippen LogP contribution < -0.4 is 14.4 Å². The number of anilines is 1. The lowest BCUT2D eigenvalue weighted by Gasteiger charge is -2.20. The molecule has 7 nitrogen and oxygen atoms in total. The molecule has 0 aliphatic rings. The molecular formula is C27H32N4O3S2. The number of thiazole rings is 1. The molecule has 0 unspecified atom stereocenters. The van der Waals surface area contributed by atoms with Gasteiger partial charge in [0.1, 0.15) is 17.0 Å². The number of aryl methyl sites for hydroxylation is 2. The Balaban J connectivity index is 1.47. The average molecular weight is 525 g/mol. The molecule has 2 aromatic carbocycles. The van der Waals surface area contributed by atoms with Crippen LogP contribution in [0.15, 0.2) is 53.4 Å². The van der Waals surface area contributed by atoms with Gasteiger partial charge in [-0.1, -0.05) is 17.4 Å². The maximum absolute atomic E-state index is 13.4. The van der Waals surface area contributed by atoms with E-state index in [1.54, 1.807) is 18.9 Å². The minimum absolute atomic E-state index is 0.0730. The summed E-state index contributed by atoms with van der Waals surface area (Å²) in [6.07, 6.45) is 1.23. The Hall–Kier alpha value is -3.04. The molecule has 0 bridgehead atoms. The fraction of sp³-hybridized carbons (Fsp3) is 0.370. The zero-order chi connectivity index (χ0) is 25.5. The van der Waals surface area contributed by atoms with E-state index in [0.29, 0.717) is 31.2 Å². The number of hydrogen-bond donors (Lipinski definition) is 0. The first-order valence-electron chi connectivity index (χ1n) is 12.1. The Labute approximate surface area is 220 Å². The molecule has 0 atom stereocenters. The fourth-order valence-corrected chi connectivity index (χ4v) is 5.82. The molecule has 0 aliphatic carbocycles. The third kappa shape index (κ3) is 6.39. The van der Waals surface area contributed by atoms with Gasteiger partial charge in [-0.15, -0.1) is 11.8 Å². The molecule has 0 N–H and O–H groups in total. The summed E-state index contributed by atoms with van der Waals surface area (Å²) in [6.45, 7) is 7.67. The smallest absolute Gasteiger partial charge is 0.228 e. The van der Waals surface area contributed by atoms with E-state index < -0.39 is 0 Å². The standard InChI is InChI=1S/C27H32N4O3S2/c1-5-34-23-8-6-9-24-26(23)28-27(36-24)30(15-16-31-20(3)18-19(2)29-31)25(32)10-7-17-35-22-13-11-21(33-4)12-14-22/h6,8-9,11-14,18H,5,7,10,15-17H2,1-4H3. The molecule has 190 valence electrons.